The lowest BCUT2D eigenvalue weighted by atomic mass is 10.1. The third-order valence-corrected chi connectivity index (χ3v) is 4.43. The van der Waals surface area contributed by atoms with Crippen molar-refractivity contribution in [1.29, 1.82) is 0 Å². The van der Waals surface area contributed by atoms with Crippen molar-refractivity contribution in [2.24, 2.45) is 0 Å². The van der Waals surface area contributed by atoms with Gasteiger partial charge in [0.15, 0.2) is 5.82 Å². The van der Waals surface area contributed by atoms with Gasteiger partial charge in [0.05, 0.1) is 13.1 Å². The SMILES string of the molecule is CC(C)N(Cc1nnn(Cc2ccccc2)n1)[C@H](C)c1ccccc1. The first-order valence-electron chi connectivity index (χ1n) is 8.75. The fourth-order valence-corrected chi connectivity index (χ4v) is 3.01. The van der Waals surface area contributed by atoms with Crippen LogP contribution in [0.25, 0.3) is 0 Å². The number of benzene rings is 2. The van der Waals surface area contributed by atoms with Gasteiger partial charge in [0.2, 0.25) is 0 Å². The molecule has 1 atom stereocenters. The summed E-state index contributed by atoms with van der Waals surface area (Å²) in [5.41, 5.74) is 2.47. The molecule has 1 aromatic heterocycles. The highest BCUT2D eigenvalue weighted by Crippen LogP contribution is 2.23. The summed E-state index contributed by atoms with van der Waals surface area (Å²) < 4.78 is 0. The van der Waals surface area contributed by atoms with Gasteiger partial charge in [-0.3, -0.25) is 4.90 Å². The van der Waals surface area contributed by atoms with Gasteiger partial charge in [-0.1, -0.05) is 60.7 Å². The Hall–Kier alpha value is -2.53. The zero-order chi connectivity index (χ0) is 17.6. The third kappa shape index (κ3) is 4.51. The fraction of sp³-hybridized carbons (Fsp3) is 0.350. The molecule has 25 heavy (non-hydrogen) atoms. The molecule has 0 amide bonds. The quantitative estimate of drug-likeness (QED) is 0.660. The van der Waals surface area contributed by atoms with Crippen molar-refractivity contribution in [3.8, 4) is 0 Å². The third-order valence-electron chi connectivity index (χ3n) is 4.43. The zero-order valence-electron chi connectivity index (χ0n) is 15.1. The van der Waals surface area contributed by atoms with Crippen LogP contribution in [0.15, 0.2) is 60.7 Å². The van der Waals surface area contributed by atoms with Gasteiger partial charge < -0.3 is 0 Å². The fourth-order valence-electron chi connectivity index (χ4n) is 3.01. The van der Waals surface area contributed by atoms with Gasteiger partial charge in [-0.25, -0.2) is 0 Å². The molecule has 0 N–H and O–H groups in total. The van der Waals surface area contributed by atoms with Crippen molar-refractivity contribution in [2.45, 2.75) is 45.9 Å². The van der Waals surface area contributed by atoms with Gasteiger partial charge in [-0.15, -0.1) is 10.2 Å². The molecule has 0 aliphatic carbocycles. The molecular weight excluding hydrogens is 310 g/mol. The van der Waals surface area contributed by atoms with Crippen LogP contribution in [-0.4, -0.2) is 31.1 Å². The number of hydrogen-bond acceptors (Lipinski definition) is 4. The maximum Gasteiger partial charge on any atom is 0.188 e. The van der Waals surface area contributed by atoms with Crippen LogP contribution in [0.1, 0.15) is 43.8 Å². The minimum atomic E-state index is 0.294. The Bertz CT molecular complexity index is 767. The number of rotatable bonds is 7. The lowest BCUT2D eigenvalue weighted by molar-refractivity contribution is 0.151. The summed E-state index contributed by atoms with van der Waals surface area (Å²) in [6, 6.07) is 21.4. The van der Waals surface area contributed by atoms with E-state index < -0.39 is 0 Å². The normalized spacial score (nSPS) is 12.7. The lowest BCUT2D eigenvalue weighted by Gasteiger charge is -2.31. The van der Waals surface area contributed by atoms with Gasteiger partial charge in [-0.05, 0) is 37.1 Å². The Kier molecular flexibility index (Phi) is 5.56. The summed E-state index contributed by atoms with van der Waals surface area (Å²) in [5.74, 6) is 0.757. The second kappa shape index (κ2) is 8.03. The van der Waals surface area contributed by atoms with E-state index in [0.717, 1.165) is 5.82 Å². The molecule has 3 aromatic rings. The molecule has 1 heterocycles. The van der Waals surface area contributed by atoms with Crippen LogP contribution in [0.3, 0.4) is 0 Å². The first kappa shape index (κ1) is 17.3. The lowest BCUT2D eigenvalue weighted by Crippen LogP contribution is -2.33. The van der Waals surface area contributed by atoms with E-state index in [1.54, 1.807) is 4.80 Å². The molecule has 0 unspecified atom stereocenters. The van der Waals surface area contributed by atoms with Crippen LogP contribution in [0.4, 0.5) is 0 Å². The van der Waals surface area contributed by atoms with E-state index in [-0.39, 0.29) is 0 Å². The van der Waals surface area contributed by atoms with E-state index in [1.165, 1.54) is 11.1 Å². The number of nitrogens with zero attached hydrogens (tertiary/aromatic N) is 5. The first-order chi connectivity index (χ1) is 12.1. The summed E-state index contributed by atoms with van der Waals surface area (Å²) in [5, 5.41) is 13.0. The molecule has 0 radical (unpaired) electrons. The smallest absolute Gasteiger partial charge is 0.188 e. The van der Waals surface area contributed by atoms with Crippen molar-refractivity contribution in [3.05, 3.63) is 77.6 Å². The van der Waals surface area contributed by atoms with Crippen LogP contribution >= 0.6 is 0 Å². The van der Waals surface area contributed by atoms with E-state index in [9.17, 15) is 0 Å². The predicted octanol–water partition coefficient (Wildman–Crippen LogP) is 3.69. The molecule has 0 aliphatic heterocycles. The largest absolute Gasteiger partial charge is 0.287 e. The highest BCUT2D eigenvalue weighted by Gasteiger charge is 2.21. The Labute approximate surface area is 149 Å². The predicted molar refractivity (Wildman–Crippen MR) is 98.9 cm³/mol. The molecule has 5 heteroatoms. The van der Waals surface area contributed by atoms with E-state index in [4.69, 9.17) is 0 Å². The molecule has 5 nitrogen and oxygen atoms in total. The van der Waals surface area contributed by atoms with Crippen LogP contribution < -0.4 is 0 Å². The maximum atomic E-state index is 4.56. The van der Waals surface area contributed by atoms with Crippen molar-refractivity contribution in [3.63, 3.8) is 0 Å². The molecule has 0 aliphatic rings. The van der Waals surface area contributed by atoms with Crippen LogP contribution in [0.2, 0.25) is 0 Å². The molecule has 0 bridgehead atoms. The summed E-state index contributed by atoms with van der Waals surface area (Å²) in [7, 11) is 0. The minimum absolute atomic E-state index is 0.294. The second-order valence-electron chi connectivity index (χ2n) is 6.57. The van der Waals surface area contributed by atoms with Gasteiger partial charge in [-0.2, -0.15) is 4.80 Å². The molecule has 0 spiro atoms. The Balaban J connectivity index is 1.71. The average Bonchev–Trinajstić information content (AvgIpc) is 3.07. The summed E-state index contributed by atoms with van der Waals surface area (Å²) in [6.07, 6.45) is 0. The highest BCUT2D eigenvalue weighted by molar-refractivity contribution is 5.18. The Morgan fingerprint density at radius 3 is 2.20 bits per heavy atom. The van der Waals surface area contributed by atoms with E-state index in [0.29, 0.717) is 25.2 Å². The Morgan fingerprint density at radius 2 is 1.56 bits per heavy atom. The molecule has 3 rings (SSSR count). The van der Waals surface area contributed by atoms with Crippen LogP contribution in [0.5, 0.6) is 0 Å². The molecule has 0 fully saturated rings. The maximum absolute atomic E-state index is 4.56. The molecule has 2 aromatic carbocycles. The summed E-state index contributed by atoms with van der Waals surface area (Å²) in [6.45, 7) is 7.96. The molecule has 0 saturated carbocycles. The number of hydrogen-bond donors (Lipinski definition) is 0. The molecule has 0 saturated heterocycles. The Morgan fingerprint density at radius 1 is 0.920 bits per heavy atom. The van der Waals surface area contributed by atoms with E-state index in [2.05, 4.69) is 77.5 Å². The highest BCUT2D eigenvalue weighted by atomic mass is 15.6. The van der Waals surface area contributed by atoms with E-state index in [1.807, 2.05) is 24.3 Å². The topological polar surface area (TPSA) is 46.8 Å². The standard InChI is InChI=1S/C20H25N5/c1-16(2)24(17(3)19-12-8-5-9-13-19)15-20-21-23-25(22-20)14-18-10-6-4-7-11-18/h4-13,16-17H,14-15H2,1-3H3/t17-/m1/s1. The van der Waals surface area contributed by atoms with Crippen molar-refractivity contribution in [1.82, 2.24) is 25.1 Å². The van der Waals surface area contributed by atoms with Gasteiger partial charge in [0.1, 0.15) is 0 Å². The first-order valence-corrected chi connectivity index (χ1v) is 8.75. The summed E-state index contributed by atoms with van der Waals surface area (Å²) in [4.78, 5) is 4.05. The minimum Gasteiger partial charge on any atom is -0.287 e. The van der Waals surface area contributed by atoms with Gasteiger partial charge in [0, 0.05) is 12.1 Å². The van der Waals surface area contributed by atoms with Crippen LogP contribution in [0, 0.1) is 0 Å². The van der Waals surface area contributed by atoms with Crippen molar-refractivity contribution >= 4 is 0 Å². The molecule has 130 valence electrons. The van der Waals surface area contributed by atoms with Crippen LogP contribution in [-0.2, 0) is 13.1 Å². The number of tetrazole rings is 1. The van der Waals surface area contributed by atoms with Crippen molar-refractivity contribution in [2.75, 3.05) is 0 Å². The molecular formula is C20H25N5. The van der Waals surface area contributed by atoms with Gasteiger partial charge in [0.25, 0.3) is 0 Å². The average molecular weight is 335 g/mol. The van der Waals surface area contributed by atoms with E-state index >= 15 is 0 Å². The zero-order valence-corrected chi connectivity index (χ0v) is 15.1. The summed E-state index contributed by atoms with van der Waals surface area (Å²) >= 11 is 0. The van der Waals surface area contributed by atoms with Gasteiger partial charge >= 0.3 is 0 Å². The number of aromatic nitrogens is 4. The monoisotopic (exact) mass is 335 g/mol. The van der Waals surface area contributed by atoms with Crippen molar-refractivity contribution < 1.29 is 0 Å². The second-order valence-corrected chi connectivity index (χ2v) is 6.57.